The minimum Gasteiger partial charge on any atom is -0.481 e. The molecule has 0 spiro atoms. The summed E-state index contributed by atoms with van der Waals surface area (Å²) in [4.78, 5) is 21.9. The fraction of sp³-hybridized carbons (Fsp3) is 0.571. The monoisotopic (exact) mass is 252 g/mol. The highest BCUT2D eigenvalue weighted by atomic mass is 16.4. The van der Waals surface area contributed by atoms with Crippen LogP contribution in [0.5, 0.6) is 0 Å². The van der Waals surface area contributed by atoms with Crippen LogP contribution in [-0.4, -0.2) is 22.2 Å². The maximum atomic E-state index is 11.4. The molecule has 0 aromatic heterocycles. The molecule has 0 aromatic carbocycles. The Bertz CT molecular complexity index is 383. The van der Waals surface area contributed by atoms with E-state index in [1.54, 1.807) is 0 Å². The molecule has 0 bridgehead atoms. The molecular weight excluding hydrogens is 232 g/mol. The lowest BCUT2D eigenvalue weighted by Crippen LogP contribution is -2.37. The van der Waals surface area contributed by atoms with Crippen molar-refractivity contribution in [3.8, 4) is 0 Å². The van der Waals surface area contributed by atoms with E-state index in [2.05, 4.69) is 0 Å². The molecule has 100 valence electrons. The topological polar surface area (TPSA) is 74.6 Å². The second-order valence-electron chi connectivity index (χ2n) is 5.08. The van der Waals surface area contributed by atoms with Gasteiger partial charge >= 0.3 is 11.9 Å². The van der Waals surface area contributed by atoms with E-state index in [1.807, 2.05) is 38.2 Å². The Hall–Kier alpha value is -1.58. The molecule has 4 heteroatoms. The van der Waals surface area contributed by atoms with Gasteiger partial charge in [0.05, 0.1) is 5.92 Å². The number of carbonyl (C=O) groups is 2. The van der Waals surface area contributed by atoms with Gasteiger partial charge in [-0.3, -0.25) is 9.59 Å². The van der Waals surface area contributed by atoms with Crippen LogP contribution in [0.25, 0.3) is 0 Å². The number of rotatable bonds is 6. The van der Waals surface area contributed by atoms with E-state index < -0.39 is 23.3 Å². The zero-order valence-electron chi connectivity index (χ0n) is 10.8. The van der Waals surface area contributed by atoms with Crippen molar-refractivity contribution < 1.29 is 19.8 Å². The highest BCUT2D eigenvalue weighted by molar-refractivity contribution is 5.72. The number of carboxylic acids is 2. The lowest BCUT2D eigenvalue weighted by atomic mass is 9.65. The molecule has 1 aliphatic carbocycles. The van der Waals surface area contributed by atoms with Gasteiger partial charge in [-0.2, -0.15) is 0 Å². The fourth-order valence-electron chi connectivity index (χ4n) is 2.44. The largest absolute Gasteiger partial charge is 0.481 e. The van der Waals surface area contributed by atoms with Gasteiger partial charge in [-0.15, -0.1) is 0 Å². The lowest BCUT2D eigenvalue weighted by molar-refractivity contribution is -0.147. The van der Waals surface area contributed by atoms with Gasteiger partial charge in [0.2, 0.25) is 0 Å². The Morgan fingerprint density at radius 1 is 1.33 bits per heavy atom. The van der Waals surface area contributed by atoms with Crippen LogP contribution in [0.1, 0.15) is 33.1 Å². The van der Waals surface area contributed by atoms with E-state index in [1.165, 1.54) is 0 Å². The summed E-state index contributed by atoms with van der Waals surface area (Å²) in [6, 6.07) is 0. The summed E-state index contributed by atoms with van der Waals surface area (Å²) in [5.74, 6) is -2.15. The van der Waals surface area contributed by atoms with E-state index >= 15 is 0 Å². The van der Waals surface area contributed by atoms with Crippen LogP contribution in [0.4, 0.5) is 0 Å². The fourth-order valence-corrected chi connectivity index (χ4v) is 2.44. The molecular formula is C14H20O4. The van der Waals surface area contributed by atoms with E-state index in [0.29, 0.717) is 12.8 Å². The number of aliphatic carboxylic acids is 2. The lowest BCUT2D eigenvalue weighted by Gasteiger charge is -2.38. The van der Waals surface area contributed by atoms with Gasteiger partial charge in [-0.25, -0.2) is 0 Å². The number of allylic oxidation sites excluding steroid dienone is 4. The third-order valence-electron chi connectivity index (χ3n) is 3.88. The molecule has 3 unspecified atom stereocenters. The van der Waals surface area contributed by atoms with Crippen LogP contribution in [0.2, 0.25) is 0 Å². The molecule has 0 heterocycles. The molecule has 2 N–H and O–H groups in total. The predicted molar refractivity (Wildman–Crippen MR) is 68.2 cm³/mol. The van der Waals surface area contributed by atoms with Gasteiger partial charge in [-0.05, 0) is 18.8 Å². The summed E-state index contributed by atoms with van der Waals surface area (Å²) in [6.07, 6.45) is 8.51. The minimum absolute atomic E-state index is 0.0216. The van der Waals surface area contributed by atoms with E-state index in [0.717, 1.165) is 0 Å². The molecule has 0 aliphatic heterocycles. The van der Waals surface area contributed by atoms with Crippen molar-refractivity contribution in [3.05, 3.63) is 24.3 Å². The predicted octanol–water partition coefficient (Wildman–Crippen LogP) is 2.71. The van der Waals surface area contributed by atoms with Crippen LogP contribution in [0, 0.1) is 17.3 Å². The summed E-state index contributed by atoms with van der Waals surface area (Å²) in [5, 5.41) is 18.0. The third kappa shape index (κ3) is 3.22. The molecule has 0 fully saturated rings. The van der Waals surface area contributed by atoms with Gasteiger partial charge in [0.25, 0.3) is 0 Å². The Labute approximate surface area is 107 Å². The van der Waals surface area contributed by atoms with E-state index in [-0.39, 0.29) is 12.3 Å². The Morgan fingerprint density at radius 3 is 2.50 bits per heavy atom. The minimum atomic E-state index is -0.878. The summed E-state index contributed by atoms with van der Waals surface area (Å²) in [5.41, 5.74) is -0.445. The summed E-state index contributed by atoms with van der Waals surface area (Å²) < 4.78 is 0. The van der Waals surface area contributed by atoms with Crippen molar-refractivity contribution in [1.29, 1.82) is 0 Å². The zero-order valence-corrected chi connectivity index (χ0v) is 10.8. The number of carboxylic acid groups (broad SMARTS) is 2. The Kier molecular flexibility index (Phi) is 4.70. The Morgan fingerprint density at radius 2 is 2.00 bits per heavy atom. The molecule has 0 radical (unpaired) electrons. The first-order valence-electron chi connectivity index (χ1n) is 6.18. The maximum absolute atomic E-state index is 11.4. The molecule has 3 atom stereocenters. The first-order valence-corrected chi connectivity index (χ1v) is 6.18. The van der Waals surface area contributed by atoms with Crippen molar-refractivity contribution in [2.24, 2.45) is 17.3 Å². The Balaban J connectivity index is 2.78. The first-order chi connectivity index (χ1) is 8.38. The first kappa shape index (κ1) is 14.5. The normalized spacial score (nSPS) is 28.0. The highest BCUT2D eigenvalue weighted by Crippen LogP contribution is 2.42. The molecule has 1 aliphatic rings. The molecule has 18 heavy (non-hydrogen) atoms. The molecule has 0 aromatic rings. The third-order valence-corrected chi connectivity index (χ3v) is 3.88. The van der Waals surface area contributed by atoms with Crippen LogP contribution in [0.3, 0.4) is 0 Å². The van der Waals surface area contributed by atoms with Gasteiger partial charge in [-0.1, -0.05) is 38.2 Å². The average molecular weight is 252 g/mol. The zero-order chi connectivity index (χ0) is 13.8. The summed E-state index contributed by atoms with van der Waals surface area (Å²) in [7, 11) is 0. The SMILES string of the molecule is CC1C=CC=CC1(C)C(CCCC(=O)O)C(=O)O. The van der Waals surface area contributed by atoms with Crippen molar-refractivity contribution in [2.75, 3.05) is 0 Å². The standard InChI is InChI=1S/C14H20O4/c1-10-6-3-4-9-14(10,2)11(13(17)18)7-5-8-12(15)16/h3-4,6,9-11H,5,7-8H2,1-2H3,(H,15,16)(H,17,18). The molecule has 1 rings (SSSR count). The van der Waals surface area contributed by atoms with Crippen molar-refractivity contribution in [2.45, 2.75) is 33.1 Å². The summed E-state index contributed by atoms with van der Waals surface area (Å²) >= 11 is 0. The smallest absolute Gasteiger partial charge is 0.307 e. The van der Waals surface area contributed by atoms with Crippen LogP contribution in [0.15, 0.2) is 24.3 Å². The van der Waals surface area contributed by atoms with Crippen LogP contribution in [-0.2, 0) is 9.59 Å². The van der Waals surface area contributed by atoms with Crippen molar-refractivity contribution in [1.82, 2.24) is 0 Å². The average Bonchev–Trinajstić information content (AvgIpc) is 2.27. The second-order valence-corrected chi connectivity index (χ2v) is 5.08. The van der Waals surface area contributed by atoms with E-state index in [4.69, 9.17) is 5.11 Å². The number of hydrogen-bond donors (Lipinski definition) is 2. The second kappa shape index (κ2) is 5.85. The van der Waals surface area contributed by atoms with E-state index in [9.17, 15) is 14.7 Å². The molecule has 0 saturated carbocycles. The molecule has 0 amide bonds. The molecule has 0 saturated heterocycles. The van der Waals surface area contributed by atoms with Gasteiger partial charge < -0.3 is 10.2 Å². The summed E-state index contributed by atoms with van der Waals surface area (Å²) in [6.45, 7) is 3.92. The van der Waals surface area contributed by atoms with Crippen molar-refractivity contribution in [3.63, 3.8) is 0 Å². The molecule has 4 nitrogen and oxygen atoms in total. The van der Waals surface area contributed by atoms with Crippen LogP contribution < -0.4 is 0 Å². The maximum Gasteiger partial charge on any atom is 0.307 e. The van der Waals surface area contributed by atoms with Gasteiger partial charge in [0, 0.05) is 11.8 Å². The van der Waals surface area contributed by atoms with Gasteiger partial charge in [0.15, 0.2) is 0 Å². The number of hydrogen-bond acceptors (Lipinski definition) is 2. The quantitative estimate of drug-likeness (QED) is 0.762. The van der Waals surface area contributed by atoms with Gasteiger partial charge in [0.1, 0.15) is 0 Å². The van der Waals surface area contributed by atoms with Crippen molar-refractivity contribution >= 4 is 11.9 Å². The highest BCUT2D eigenvalue weighted by Gasteiger charge is 2.40. The van der Waals surface area contributed by atoms with Crippen LogP contribution >= 0.6 is 0 Å².